The van der Waals surface area contributed by atoms with Gasteiger partial charge in [0.2, 0.25) is 5.95 Å². The molecular weight excluding hydrogens is 376 g/mol. The third-order valence-corrected chi connectivity index (χ3v) is 4.73. The van der Waals surface area contributed by atoms with E-state index in [0.29, 0.717) is 42.8 Å². The highest BCUT2D eigenvalue weighted by atomic mass is 35.5. The van der Waals surface area contributed by atoms with Crippen LogP contribution in [-0.4, -0.2) is 51.9 Å². The number of anilines is 3. The summed E-state index contributed by atoms with van der Waals surface area (Å²) in [6, 6.07) is 12.8. The highest BCUT2D eigenvalue weighted by Crippen LogP contribution is 2.21. The molecule has 1 amide bonds. The van der Waals surface area contributed by atoms with Crippen LogP contribution in [0.25, 0.3) is 0 Å². The Hall–Kier alpha value is -3.19. The fourth-order valence-electron chi connectivity index (χ4n) is 3.08. The van der Waals surface area contributed by atoms with Gasteiger partial charge in [0.1, 0.15) is 5.69 Å². The minimum absolute atomic E-state index is 0.0802. The third kappa shape index (κ3) is 4.20. The molecule has 3 heterocycles. The van der Waals surface area contributed by atoms with Gasteiger partial charge in [-0.15, -0.1) is 0 Å². The van der Waals surface area contributed by atoms with Crippen molar-refractivity contribution < 1.29 is 4.79 Å². The maximum atomic E-state index is 12.9. The van der Waals surface area contributed by atoms with Gasteiger partial charge in [-0.3, -0.25) is 9.78 Å². The molecule has 1 aromatic carbocycles. The highest BCUT2D eigenvalue weighted by Gasteiger charge is 2.24. The molecule has 1 saturated heterocycles. The molecular formula is C20H19ClN6O. The normalized spacial score (nSPS) is 14.0. The van der Waals surface area contributed by atoms with Gasteiger partial charge in [-0.05, 0) is 36.4 Å². The molecule has 0 radical (unpaired) electrons. The predicted octanol–water partition coefficient (Wildman–Crippen LogP) is 3.23. The number of carbonyl (C=O) groups excluding carboxylic acids is 1. The summed E-state index contributed by atoms with van der Waals surface area (Å²) in [5, 5.41) is 3.90. The standard InChI is InChI=1S/C20H19ClN6O/c21-15-3-1-4-16(13-15)25-17-5-8-22-18(14-17)19(28)26-9-11-27(12-10-26)20-23-6-2-7-24-20/h1-8,13-14H,9-12H2,(H,22,25). The number of nitrogens with one attached hydrogen (secondary N) is 1. The number of pyridine rings is 1. The van der Waals surface area contributed by atoms with Crippen LogP contribution in [0.5, 0.6) is 0 Å². The van der Waals surface area contributed by atoms with Crippen LogP contribution in [0.2, 0.25) is 5.02 Å². The average molecular weight is 395 g/mol. The second-order valence-corrected chi connectivity index (χ2v) is 6.83. The number of benzene rings is 1. The fraction of sp³-hybridized carbons (Fsp3) is 0.200. The SMILES string of the molecule is O=C(c1cc(Nc2cccc(Cl)c2)ccn1)N1CCN(c2ncccn2)CC1. The number of piperazine rings is 1. The van der Waals surface area contributed by atoms with E-state index >= 15 is 0 Å². The Kier molecular flexibility index (Phi) is 5.34. The van der Waals surface area contributed by atoms with Crippen molar-refractivity contribution in [3.8, 4) is 0 Å². The van der Waals surface area contributed by atoms with E-state index in [1.165, 1.54) is 0 Å². The topological polar surface area (TPSA) is 74.2 Å². The first kappa shape index (κ1) is 18.2. The number of amides is 1. The van der Waals surface area contributed by atoms with Crippen molar-refractivity contribution >= 4 is 34.8 Å². The Morgan fingerprint density at radius 1 is 0.893 bits per heavy atom. The first-order valence-corrected chi connectivity index (χ1v) is 9.37. The van der Waals surface area contributed by atoms with Gasteiger partial charge in [0.25, 0.3) is 5.91 Å². The van der Waals surface area contributed by atoms with Gasteiger partial charge >= 0.3 is 0 Å². The van der Waals surface area contributed by atoms with Gasteiger partial charge in [-0.2, -0.15) is 0 Å². The zero-order chi connectivity index (χ0) is 19.3. The van der Waals surface area contributed by atoms with Crippen molar-refractivity contribution in [1.29, 1.82) is 0 Å². The largest absolute Gasteiger partial charge is 0.355 e. The lowest BCUT2D eigenvalue weighted by Crippen LogP contribution is -2.49. The molecule has 1 N–H and O–H groups in total. The summed E-state index contributed by atoms with van der Waals surface area (Å²) < 4.78 is 0. The van der Waals surface area contributed by atoms with Crippen LogP contribution in [0.4, 0.5) is 17.3 Å². The van der Waals surface area contributed by atoms with Crippen molar-refractivity contribution in [2.24, 2.45) is 0 Å². The van der Waals surface area contributed by atoms with E-state index in [9.17, 15) is 4.79 Å². The molecule has 0 saturated carbocycles. The molecule has 3 aromatic rings. The van der Waals surface area contributed by atoms with E-state index in [2.05, 4.69) is 25.2 Å². The van der Waals surface area contributed by atoms with Crippen LogP contribution in [0, 0.1) is 0 Å². The molecule has 0 aliphatic carbocycles. The van der Waals surface area contributed by atoms with E-state index < -0.39 is 0 Å². The maximum Gasteiger partial charge on any atom is 0.272 e. The smallest absolute Gasteiger partial charge is 0.272 e. The van der Waals surface area contributed by atoms with Crippen molar-refractivity contribution in [3.63, 3.8) is 0 Å². The number of halogens is 1. The Bertz CT molecular complexity index is 960. The van der Waals surface area contributed by atoms with E-state index in [1.807, 2.05) is 35.2 Å². The van der Waals surface area contributed by atoms with Gasteiger partial charge < -0.3 is 15.1 Å². The molecule has 0 unspecified atom stereocenters. The summed E-state index contributed by atoms with van der Waals surface area (Å²) in [5.41, 5.74) is 2.06. The molecule has 1 aliphatic heterocycles. The molecule has 2 aromatic heterocycles. The Labute approximate surface area is 168 Å². The minimum atomic E-state index is -0.0802. The van der Waals surface area contributed by atoms with Crippen LogP contribution >= 0.6 is 11.6 Å². The number of aromatic nitrogens is 3. The van der Waals surface area contributed by atoms with Crippen LogP contribution in [0.1, 0.15) is 10.5 Å². The monoisotopic (exact) mass is 394 g/mol. The number of rotatable bonds is 4. The third-order valence-electron chi connectivity index (χ3n) is 4.49. The van der Waals surface area contributed by atoms with Gasteiger partial charge in [0, 0.05) is 61.2 Å². The zero-order valence-corrected chi connectivity index (χ0v) is 15.9. The summed E-state index contributed by atoms with van der Waals surface area (Å²) >= 11 is 6.02. The van der Waals surface area contributed by atoms with Gasteiger partial charge in [-0.25, -0.2) is 9.97 Å². The number of carbonyl (C=O) groups is 1. The van der Waals surface area contributed by atoms with E-state index in [1.54, 1.807) is 30.7 Å². The number of hydrogen-bond acceptors (Lipinski definition) is 6. The number of hydrogen-bond donors (Lipinski definition) is 1. The lowest BCUT2D eigenvalue weighted by atomic mass is 10.2. The maximum absolute atomic E-state index is 12.9. The van der Waals surface area contributed by atoms with Crippen molar-refractivity contribution in [2.75, 3.05) is 36.4 Å². The van der Waals surface area contributed by atoms with E-state index in [4.69, 9.17) is 11.6 Å². The van der Waals surface area contributed by atoms with E-state index in [0.717, 1.165) is 11.4 Å². The second kappa shape index (κ2) is 8.22. The van der Waals surface area contributed by atoms with Gasteiger partial charge in [-0.1, -0.05) is 17.7 Å². The number of nitrogens with zero attached hydrogens (tertiary/aromatic N) is 5. The molecule has 1 fully saturated rings. The Morgan fingerprint density at radius 3 is 2.39 bits per heavy atom. The minimum Gasteiger partial charge on any atom is -0.355 e. The summed E-state index contributed by atoms with van der Waals surface area (Å²) in [5.74, 6) is 0.615. The van der Waals surface area contributed by atoms with Crippen molar-refractivity contribution in [1.82, 2.24) is 19.9 Å². The van der Waals surface area contributed by atoms with Gasteiger partial charge in [0.05, 0.1) is 0 Å². The van der Waals surface area contributed by atoms with Gasteiger partial charge in [0.15, 0.2) is 0 Å². The Balaban J connectivity index is 1.41. The second-order valence-electron chi connectivity index (χ2n) is 6.39. The highest BCUT2D eigenvalue weighted by molar-refractivity contribution is 6.30. The first-order chi connectivity index (χ1) is 13.7. The Morgan fingerprint density at radius 2 is 1.64 bits per heavy atom. The van der Waals surface area contributed by atoms with Crippen LogP contribution < -0.4 is 10.2 Å². The summed E-state index contributed by atoms with van der Waals surface area (Å²) in [7, 11) is 0. The fourth-order valence-corrected chi connectivity index (χ4v) is 3.27. The summed E-state index contributed by atoms with van der Waals surface area (Å²) in [4.78, 5) is 29.5. The molecule has 0 bridgehead atoms. The molecule has 0 atom stereocenters. The van der Waals surface area contributed by atoms with Crippen LogP contribution in [0.3, 0.4) is 0 Å². The van der Waals surface area contributed by atoms with Crippen molar-refractivity contribution in [2.45, 2.75) is 0 Å². The molecule has 4 rings (SSSR count). The van der Waals surface area contributed by atoms with Crippen LogP contribution in [-0.2, 0) is 0 Å². The lowest BCUT2D eigenvalue weighted by Gasteiger charge is -2.34. The molecule has 28 heavy (non-hydrogen) atoms. The zero-order valence-electron chi connectivity index (χ0n) is 15.1. The first-order valence-electron chi connectivity index (χ1n) is 8.99. The molecule has 142 valence electrons. The molecule has 1 aliphatic rings. The van der Waals surface area contributed by atoms with Crippen LogP contribution in [0.15, 0.2) is 61.1 Å². The van der Waals surface area contributed by atoms with E-state index in [-0.39, 0.29) is 5.91 Å². The quantitative estimate of drug-likeness (QED) is 0.732. The molecule has 8 heteroatoms. The summed E-state index contributed by atoms with van der Waals surface area (Å²) in [6.07, 6.45) is 5.08. The van der Waals surface area contributed by atoms with Crippen molar-refractivity contribution in [3.05, 3.63) is 71.8 Å². The average Bonchev–Trinajstić information content (AvgIpc) is 2.74. The molecule has 0 spiro atoms. The predicted molar refractivity (Wildman–Crippen MR) is 109 cm³/mol. The summed E-state index contributed by atoms with van der Waals surface area (Å²) in [6.45, 7) is 2.59. The lowest BCUT2D eigenvalue weighted by molar-refractivity contribution is 0.0740. The molecule has 7 nitrogen and oxygen atoms in total.